The molecule has 0 bridgehead atoms. The van der Waals surface area contributed by atoms with E-state index in [1.54, 1.807) is 19.9 Å². The smallest absolute Gasteiger partial charge is 0.872 e. The van der Waals surface area contributed by atoms with E-state index in [2.05, 4.69) is 0 Å². The number of carboxylic acids is 2. The van der Waals surface area contributed by atoms with Crippen molar-refractivity contribution in [3.8, 4) is 11.5 Å². The van der Waals surface area contributed by atoms with Crippen LogP contribution in [0, 0.1) is 6.92 Å². The first-order valence-corrected chi connectivity index (χ1v) is 7.33. The number of rotatable bonds is 8. The van der Waals surface area contributed by atoms with Crippen molar-refractivity contribution in [3.05, 3.63) is 33.9 Å². The number of carboxylic acid groups (broad SMARTS) is 2. The van der Waals surface area contributed by atoms with Gasteiger partial charge in [0.25, 0.3) is 0 Å². The molecule has 0 aliphatic carbocycles. The maximum atomic E-state index is 12.5. The van der Waals surface area contributed by atoms with E-state index in [4.69, 9.17) is 4.74 Å². The van der Waals surface area contributed by atoms with Gasteiger partial charge in [-0.1, -0.05) is 17.4 Å². The zero-order valence-corrected chi connectivity index (χ0v) is 19.8. The van der Waals surface area contributed by atoms with Crippen molar-refractivity contribution in [2.24, 2.45) is 0 Å². The summed E-state index contributed by atoms with van der Waals surface area (Å²) >= 11 is 0. The van der Waals surface area contributed by atoms with E-state index < -0.39 is 29.9 Å². The Morgan fingerprint density at radius 3 is 2.19 bits per heavy atom. The molecule has 2 N–H and O–H groups in total. The molecule has 1 aromatic carbocycles. The standard InChI is InChI=1S/C17H22O7.2Na/c1-9(5-7-13(19)20)4-6-11-15(21)14(17(22)23)12(8-18)10(2)16(11)24-3;;/h4,18,21H,5-8H2,1-3H3,(H,19,20)(H,22,23);;/q;2*+1/p-2/b9-4+;;. The van der Waals surface area contributed by atoms with Crippen LogP contribution >= 0.6 is 0 Å². The monoisotopic (exact) mass is 382 g/mol. The molecule has 0 aliphatic heterocycles. The van der Waals surface area contributed by atoms with Crippen LogP contribution in [0.3, 0.4) is 0 Å². The maximum absolute atomic E-state index is 12.5. The molecule has 7 nitrogen and oxygen atoms in total. The van der Waals surface area contributed by atoms with E-state index in [1.807, 2.05) is 0 Å². The summed E-state index contributed by atoms with van der Waals surface area (Å²) in [5, 5.41) is 41.6. The number of aliphatic carboxylic acids is 1. The molecule has 0 unspecified atom stereocenters. The second-order valence-electron chi connectivity index (χ2n) is 5.41. The summed E-state index contributed by atoms with van der Waals surface area (Å²) in [5.41, 5.74) is 0.865. The first-order valence-electron chi connectivity index (χ1n) is 7.33. The minimum absolute atomic E-state index is 0. The quantitative estimate of drug-likeness (QED) is 0.339. The van der Waals surface area contributed by atoms with Gasteiger partial charge in [-0.15, -0.1) is 0 Å². The van der Waals surface area contributed by atoms with Crippen LogP contribution in [0.25, 0.3) is 0 Å². The Morgan fingerprint density at radius 2 is 1.77 bits per heavy atom. The zero-order chi connectivity index (χ0) is 18.4. The molecule has 26 heavy (non-hydrogen) atoms. The Morgan fingerprint density at radius 1 is 1.19 bits per heavy atom. The van der Waals surface area contributed by atoms with Gasteiger partial charge in [0.05, 0.1) is 19.3 Å². The summed E-state index contributed by atoms with van der Waals surface area (Å²) in [6, 6.07) is 0. The SMILES string of the molecule is COc1c(C)c(CO)c(C(=O)O)c([O-])c1C/C=C(\C)CCC(=O)[O-].[Na+].[Na+]. The summed E-state index contributed by atoms with van der Waals surface area (Å²) in [7, 11) is 1.36. The predicted octanol–water partition coefficient (Wildman–Crippen LogP) is -5.71. The van der Waals surface area contributed by atoms with Gasteiger partial charge in [-0.05, 0) is 49.8 Å². The molecule has 9 heteroatoms. The number of allylic oxidation sites excluding steroid dienone is 2. The van der Waals surface area contributed by atoms with Crippen molar-refractivity contribution < 1.29 is 93.9 Å². The van der Waals surface area contributed by atoms with Gasteiger partial charge in [-0.3, -0.25) is 0 Å². The molecule has 0 fully saturated rings. The molecule has 0 saturated heterocycles. The summed E-state index contributed by atoms with van der Waals surface area (Å²) in [5.74, 6) is -3.05. The molecule has 0 aliphatic rings. The van der Waals surface area contributed by atoms with Crippen molar-refractivity contribution in [3.63, 3.8) is 0 Å². The summed E-state index contributed by atoms with van der Waals surface area (Å²) in [6.45, 7) is 2.71. The summed E-state index contributed by atoms with van der Waals surface area (Å²) < 4.78 is 5.23. The van der Waals surface area contributed by atoms with Gasteiger partial charge in [0.2, 0.25) is 0 Å². The third-order valence-electron chi connectivity index (χ3n) is 3.82. The number of hydrogen-bond acceptors (Lipinski definition) is 6. The largest absolute Gasteiger partial charge is 1.00 e. The molecule has 0 spiro atoms. The molecule has 132 valence electrons. The Balaban J connectivity index is 0. The maximum Gasteiger partial charge on any atom is 1.00 e. The second-order valence-corrected chi connectivity index (χ2v) is 5.41. The predicted molar refractivity (Wildman–Crippen MR) is 81.8 cm³/mol. The minimum Gasteiger partial charge on any atom is -0.872 e. The first kappa shape index (κ1) is 27.7. The van der Waals surface area contributed by atoms with E-state index in [9.17, 15) is 30.0 Å². The Hall–Kier alpha value is -0.540. The second kappa shape index (κ2) is 12.8. The summed E-state index contributed by atoms with van der Waals surface area (Å²) in [4.78, 5) is 21.9. The molecule has 0 heterocycles. The number of hydrogen-bond donors (Lipinski definition) is 2. The normalized spacial score (nSPS) is 10.5. The molecular formula is C17H20Na2O7. The van der Waals surface area contributed by atoms with Crippen LogP contribution < -0.4 is 74.1 Å². The van der Waals surface area contributed by atoms with Crippen molar-refractivity contribution in [1.29, 1.82) is 0 Å². The van der Waals surface area contributed by atoms with Gasteiger partial charge in [0, 0.05) is 5.97 Å². The van der Waals surface area contributed by atoms with Crippen LogP contribution in [0.1, 0.15) is 46.8 Å². The topological polar surface area (TPSA) is 130 Å². The van der Waals surface area contributed by atoms with Crippen LogP contribution in [0.2, 0.25) is 0 Å². The molecule has 1 aromatic rings. The number of carbonyl (C=O) groups excluding carboxylic acids is 1. The first-order chi connectivity index (χ1) is 11.2. The number of benzene rings is 1. The van der Waals surface area contributed by atoms with E-state index >= 15 is 0 Å². The van der Waals surface area contributed by atoms with E-state index in [0.717, 1.165) is 5.57 Å². The summed E-state index contributed by atoms with van der Waals surface area (Å²) in [6.07, 6.45) is 1.91. The van der Waals surface area contributed by atoms with E-state index in [1.165, 1.54) is 7.11 Å². The van der Waals surface area contributed by atoms with Crippen molar-refractivity contribution in [2.75, 3.05) is 7.11 Å². The van der Waals surface area contributed by atoms with Crippen molar-refractivity contribution >= 4 is 11.9 Å². The number of ether oxygens (including phenoxy) is 1. The Kier molecular flexibility index (Phi) is 13.6. The fourth-order valence-electron chi connectivity index (χ4n) is 2.51. The van der Waals surface area contributed by atoms with Crippen LogP contribution in [0.5, 0.6) is 11.5 Å². The van der Waals surface area contributed by atoms with Gasteiger partial charge in [0.1, 0.15) is 5.75 Å². The van der Waals surface area contributed by atoms with Crippen LogP contribution in [-0.4, -0.2) is 29.3 Å². The van der Waals surface area contributed by atoms with E-state index in [-0.39, 0.29) is 95.3 Å². The zero-order valence-electron chi connectivity index (χ0n) is 15.8. The average molecular weight is 382 g/mol. The molecular weight excluding hydrogens is 362 g/mol. The minimum atomic E-state index is -1.41. The van der Waals surface area contributed by atoms with Crippen molar-refractivity contribution in [1.82, 2.24) is 0 Å². The Labute approximate surface area is 196 Å². The molecule has 0 aromatic heterocycles. The van der Waals surface area contributed by atoms with Gasteiger partial charge in [0.15, 0.2) is 0 Å². The number of carbonyl (C=O) groups is 2. The van der Waals surface area contributed by atoms with Gasteiger partial charge in [-0.2, -0.15) is 0 Å². The number of aliphatic hydroxyl groups excluding tert-OH is 1. The number of methoxy groups -OCH3 is 1. The van der Waals surface area contributed by atoms with Crippen LogP contribution in [0.4, 0.5) is 0 Å². The molecule has 0 saturated carbocycles. The van der Waals surface area contributed by atoms with Crippen molar-refractivity contribution in [2.45, 2.75) is 39.7 Å². The van der Waals surface area contributed by atoms with Crippen LogP contribution in [-0.2, 0) is 17.8 Å². The fraction of sp³-hybridized carbons (Fsp3) is 0.412. The van der Waals surface area contributed by atoms with Gasteiger partial charge in [-0.25, -0.2) is 4.79 Å². The number of aromatic carboxylic acids is 1. The van der Waals surface area contributed by atoms with E-state index in [0.29, 0.717) is 5.56 Å². The fourth-order valence-corrected chi connectivity index (χ4v) is 2.51. The molecule has 0 atom stereocenters. The molecule has 0 radical (unpaired) electrons. The third kappa shape index (κ3) is 6.88. The van der Waals surface area contributed by atoms with Crippen LogP contribution in [0.15, 0.2) is 11.6 Å². The van der Waals surface area contributed by atoms with Gasteiger partial charge >= 0.3 is 65.1 Å². The van der Waals surface area contributed by atoms with Gasteiger partial charge < -0.3 is 30.0 Å². The molecule has 0 amide bonds. The average Bonchev–Trinajstić information content (AvgIpc) is 2.52. The third-order valence-corrected chi connectivity index (χ3v) is 3.82. The Bertz CT molecular complexity index is 684. The number of aliphatic hydroxyl groups is 1. The molecule has 1 rings (SSSR count).